The lowest BCUT2D eigenvalue weighted by Gasteiger charge is -2.19. The third-order valence-electron chi connectivity index (χ3n) is 3.05. The zero-order chi connectivity index (χ0) is 12.4. The summed E-state index contributed by atoms with van der Waals surface area (Å²) < 4.78 is 0. The van der Waals surface area contributed by atoms with Crippen LogP contribution in [0.15, 0.2) is 18.2 Å². The number of nitrogens with zero attached hydrogens (tertiary/aromatic N) is 1. The summed E-state index contributed by atoms with van der Waals surface area (Å²) in [5.41, 5.74) is 5.78. The van der Waals surface area contributed by atoms with Crippen LogP contribution in [0.3, 0.4) is 0 Å². The van der Waals surface area contributed by atoms with E-state index in [0.29, 0.717) is 6.54 Å². The molecule has 0 radical (unpaired) electrons. The number of benzene rings is 1. The van der Waals surface area contributed by atoms with Crippen molar-refractivity contribution < 1.29 is 9.63 Å². The standard InChI is InChI=1S/C13H18N2O2/c1-9(2)15-8-11-5-4-10(7-14-17-3)6-12(11)13(15)16/h4-6,9,14H,7-8H2,1-3H3. The number of nitrogens with one attached hydrogen (secondary N) is 1. The number of carbonyl (C=O) groups is 1. The zero-order valence-corrected chi connectivity index (χ0v) is 10.5. The van der Waals surface area contributed by atoms with Gasteiger partial charge in [0, 0.05) is 24.7 Å². The second kappa shape index (κ2) is 4.85. The van der Waals surface area contributed by atoms with Crippen molar-refractivity contribution in [2.75, 3.05) is 7.11 Å². The van der Waals surface area contributed by atoms with Crippen molar-refractivity contribution >= 4 is 5.91 Å². The smallest absolute Gasteiger partial charge is 0.254 e. The molecule has 1 aliphatic heterocycles. The van der Waals surface area contributed by atoms with Crippen molar-refractivity contribution in [3.05, 3.63) is 34.9 Å². The first-order chi connectivity index (χ1) is 8.13. The molecule has 92 valence electrons. The summed E-state index contributed by atoms with van der Waals surface area (Å²) in [7, 11) is 1.58. The average Bonchev–Trinajstić information content (AvgIpc) is 2.64. The first-order valence-electron chi connectivity index (χ1n) is 5.82. The molecule has 0 bridgehead atoms. The first-order valence-corrected chi connectivity index (χ1v) is 5.82. The Hall–Kier alpha value is -1.39. The molecule has 1 N–H and O–H groups in total. The molecule has 1 aromatic carbocycles. The Morgan fingerprint density at radius 3 is 2.88 bits per heavy atom. The fraction of sp³-hybridized carbons (Fsp3) is 0.462. The predicted octanol–water partition coefficient (Wildman–Crippen LogP) is 1.70. The highest BCUT2D eigenvalue weighted by molar-refractivity contribution is 5.98. The van der Waals surface area contributed by atoms with Crippen molar-refractivity contribution in [2.45, 2.75) is 33.0 Å². The molecule has 17 heavy (non-hydrogen) atoms. The Kier molecular flexibility index (Phi) is 3.45. The number of hydrogen-bond acceptors (Lipinski definition) is 3. The Balaban J connectivity index is 2.22. The summed E-state index contributed by atoms with van der Waals surface area (Å²) in [5.74, 6) is 0.134. The van der Waals surface area contributed by atoms with Crippen LogP contribution in [0, 0.1) is 0 Å². The van der Waals surface area contributed by atoms with Gasteiger partial charge in [0.25, 0.3) is 5.91 Å². The summed E-state index contributed by atoms with van der Waals surface area (Å²) in [5, 5.41) is 0. The fourth-order valence-electron chi connectivity index (χ4n) is 2.05. The molecule has 1 heterocycles. The van der Waals surface area contributed by atoms with E-state index in [1.165, 1.54) is 0 Å². The highest BCUT2D eigenvalue weighted by atomic mass is 16.6. The molecule has 0 aliphatic carbocycles. The van der Waals surface area contributed by atoms with Crippen molar-refractivity contribution in [3.8, 4) is 0 Å². The number of hydrogen-bond donors (Lipinski definition) is 1. The summed E-state index contributed by atoms with van der Waals surface area (Å²) >= 11 is 0. The number of rotatable bonds is 4. The van der Waals surface area contributed by atoms with Gasteiger partial charge in [-0.25, -0.2) is 0 Å². The molecule has 4 heteroatoms. The van der Waals surface area contributed by atoms with Crippen LogP contribution in [0.4, 0.5) is 0 Å². The van der Waals surface area contributed by atoms with Gasteiger partial charge in [0.1, 0.15) is 0 Å². The van der Waals surface area contributed by atoms with E-state index in [2.05, 4.69) is 5.48 Å². The van der Waals surface area contributed by atoms with Crippen molar-refractivity contribution in [1.82, 2.24) is 10.4 Å². The van der Waals surface area contributed by atoms with E-state index >= 15 is 0 Å². The van der Waals surface area contributed by atoms with E-state index in [9.17, 15) is 4.79 Å². The SMILES string of the molecule is CONCc1ccc2c(c1)C(=O)N(C(C)C)C2. The van der Waals surface area contributed by atoms with Crippen LogP contribution in [0.1, 0.15) is 35.3 Å². The minimum Gasteiger partial charge on any atom is -0.332 e. The van der Waals surface area contributed by atoms with E-state index in [4.69, 9.17) is 4.84 Å². The molecule has 1 amide bonds. The molecule has 2 rings (SSSR count). The second-order valence-corrected chi connectivity index (χ2v) is 4.54. The van der Waals surface area contributed by atoms with Gasteiger partial charge in [-0.15, -0.1) is 0 Å². The molecule has 1 aliphatic rings. The molecule has 0 aromatic heterocycles. The Morgan fingerprint density at radius 2 is 2.24 bits per heavy atom. The van der Waals surface area contributed by atoms with E-state index in [0.717, 1.165) is 23.2 Å². The Morgan fingerprint density at radius 1 is 1.47 bits per heavy atom. The molecule has 0 saturated heterocycles. The van der Waals surface area contributed by atoms with Gasteiger partial charge in [0.15, 0.2) is 0 Å². The van der Waals surface area contributed by atoms with Gasteiger partial charge >= 0.3 is 0 Å². The number of carbonyl (C=O) groups excluding carboxylic acids is 1. The minimum atomic E-state index is 0.134. The highest BCUT2D eigenvalue weighted by Crippen LogP contribution is 2.25. The lowest BCUT2D eigenvalue weighted by molar-refractivity contribution is 0.0730. The molecule has 0 fully saturated rings. The Labute approximate surface area is 102 Å². The largest absolute Gasteiger partial charge is 0.332 e. The third-order valence-corrected chi connectivity index (χ3v) is 3.05. The Bertz CT molecular complexity index is 429. The topological polar surface area (TPSA) is 41.6 Å². The van der Waals surface area contributed by atoms with E-state index in [-0.39, 0.29) is 11.9 Å². The van der Waals surface area contributed by atoms with Crippen LogP contribution in [0.2, 0.25) is 0 Å². The lowest BCUT2D eigenvalue weighted by atomic mass is 10.1. The maximum atomic E-state index is 12.1. The van der Waals surface area contributed by atoms with E-state index < -0.39 is 0 Å². The lowest BCUT2D eigenvalue weighted by Crippen LogP contribution is -2.30. The van der Waals surface area contributed by atoms with Crippen LogP contribution in [-0.2, 0) is 17.9 Å². The summed E-state index contributed by atoms with van der Waals surface area (Å²) in [6.07, 6.45) is 0. The zero-order valence-electron chi connectivity index (χ0n) is 10.5. The van der Waals surface area contributed by atoms with Crippen LogP contribution in [-0.4, -0.2) is 24.0 Å². The fourth-order valence-corrected chi connectivity index (χ4v) is 2.05. The first kappa shape index (κ1) is 12.1. The minimum absolute atomic E-state index is 0.134. The van der Waals surface area contributed by atoms with Gasteiger partial charge < -0.3 is 9.74 Å². The van der Waals surface area contributed by atoms with Gasteiger partial charge in [-0.05, 0) is 31.0 Å². The van der Waals surface area contributed by atoms with E-state index in [1.807, 2.05) is 36.9 Å². The van der Waals surface area contributed by atoms with Gasteiger partial charge in [0.2, 0.25) is 0 Å². The normalized spacial score (nSPS) is 14.6. The predicted molar refractivity (Wildman–Crippen MR) is 65.3 cm³/mol. The van der Waals surface area contributed by atoms with Crippen molar-refractivity contribution in [1.29, 1.82) is 0 Å². The molecule has 0 atom stereocenters. The van der Waals surface area contributed by atoms with Gasteiger partial charge in [0.05, 0.1) is 7.11 Å². The molecular weight excluding hydrogens is 216 g/mol. The van der Waals surface area contributed by atoms with Crippen LogP contribution >= 0.6 is 0 Å². The quantitative estimate of drug-likeness (QED) is 0.806. The molecule has 0 spiro atoms. The maximum Gasteiger partial charge on any atom is 0.254 e. The average molecular weight is 234 g/mol. The number of fused-ring (bicyclic) bond motifs is 1. The van der Waals surface area contributed by atoms with Gasteiger partial charge in [-0.2, -0.15) is 5.48 Å². The molecule has 0 saturated carbocycles. The van der Waals surface area contributed by atoms with Crippen LogP contribution in [0.25, 0.3) is 0 Å². The second-order valence-electron chi connectivity index (χ2n) is 4.54. The summed E-state index contributed by atoms with van der Waals surface area (Å²) in [4.78, 5) is 18.8. The van der Waals surface area contributed by atoms with Crippen molar-refractivity contribution in [2.24, 2.45) is 0 Å². The van der Waals surface area contributed by atoms with Crippen molar-refractivity contribution in [3.63, 3.8) is 0 Å². The molecule has 0 unspecified atom stereocenters. The van der Waals surface area contributed by atoms with Gasteiger partial charge in [-0.1, -0.05) is 12.1 Å². The molecule has 1 aromatic rings. The highest BCUT2D eigenvalue weighted by Gasteiger charge is 2.28. The summed E-state index contributed by atoms with van der Waals surface area (Å²) in [6, 6.07) is 6.26. The number of hydroxylamine groups is 1. The number of amides is 1. The molecular formula is C13H18N2O2. The third kappa shape index (κ3) is 2.33. The summed E-state index contributed by atoms with van der Waals surface area (Å²) in [6.45, 7) is 5.41. The molecule has 4 nitrogen and oxygen atoms in total. The van der Waals surface area contributed by atoms with Crippen LogP contribution < -0.4 is 5.48 Å². The monoisotopic (exact) mass is 234 g/mol. The maximum absolute atomic E-state index is 12.1. The van der Waals surface area contributed by atoms with Gasteiger partial charge in [-0.3, -0.25) is 4.79 Å². The van der Waals surface area contributed by atoms with E-state index in [1.54, 1.807) is 7.11 Å². The van der Waals surface area contributed by atoms with Crippen LogP contribution in [0.5, 0.6) is 0 Å².